The minimum Gasteiger partial charge on any atom is -0.378 e. The van der Waals surface area contributed by atoms with Crippen LogP contribution in [0.4, 0.5) is 0 Å². The highest BCUT2D eigenvalue weighted by Crippen LogP contribution is 2.40. The second-order valence-electron chi connectivity index (χ2n) is 7.12. The highest BCUT2D eigenvalue weighted by molar-refractivity contribution is 4.89. The van der Waals surface area contributed by atoms with E-state index in [1.807, 2.05) is 0 Å². The third kappa shape index (κ3) is 4.48. The van der Waals surface area contributed by atoms with Crippen LogP contribution in [0.3, 0.4) is 0 Å². The van der Waals surface area contributed by atoms with E-state index in [0.29, 0.717) is 17.9 Å². The average molecular weight is 277 g/mol. The van der Waals surface area contributed by atoms with Crippen LogP contribution < -0.4 is 0 Å². The first kappa shape index (κ1) is 15.8. The molecule has 2 rings (SSSR count). The second kappa shape index (κ2) is 8.03. The molecule has 0 bridgehead atoms. The van der Waals surface area contributed by atoms with Crippen molar-refractivity contribution in [1.29, 1.82) is 5.26 Å². The molecule has 114 valence electrons. The maximum absolute atomic E-state index is 8.98. The molecule has 2 heteroatoms. The van der Waals surface area contributed by atoms with Crippen LogP contribution >= 0.6 is 0 Å². The topological polar surface area (TPSA) is 33.0 Å². The zero-order valence-corrected chi connectivity index (χ0v) is 13.3. The fraction of sp³-hybridized carbons (Fsp3) is 0.944. The van der Waals surface area contributed by atoms with Gasteiger partial charge in [-0.25, -0.2) is 0 Å². The van der Waals surface area contributed by atoms with Crippen LogP contribution in [0.15, 0.2) is 0 Å². The summed E-state index contributed by atoms with van der Waals surface area (Å²) in [6.07, 6.45) is 11.9. The van der Waals surface area contributed by atoms with Crippen molar-refractivity contribution in [2.75, 3.05) is 6.61 Å². The van der Waals surface area contributed by atoms with E-state index in [0.717, 1.165) is 31.3 Å². The predicted molar refractivity (Wildman–Crippen MR) is 82.2 cm³/mol. The molecule has 0 aromatic rings. The predicted octanol–water partition coefficient (Wildman–Crippen LogP) is 4.94. The normalized spacial score (nSPS) is 36.2. The van der Waals surface area contributed by atoms with Gasteiger partial charge in [-0.05, 0) is 69.1 Å². The zero-order chi connectivity index (χ0) is 14.4. The Labute approximate surface area is 124 Å². The van der Waals surface area contributed by atoms with E-state index < -0.39 is 0 Å². The van der Waals surface area contributed by atoms with Gasteiger partial charge in [-0.2, -0.15) is 5.26 Å². The fourth-order valence-electron chi connectivity index (χ4n) is 3.86. The number of nitriles is 1. The van der Waals surface area contributed by atoms with Gasteiger partial charge in [0.25, 0.3) is 0 Å². The van der Waals surface area contributed by atoms with E-state index in [9.17, 15) is 0 Å². The summed E-state index contributed by atoms with van der Waals surface area (Å²) in [7, 11) is 0. The lowest BCUT2D eigenvalue weighted by Gasteiger charge is -2.36. The van der Waals surface area contributed by atoms with Gasteiger partial charge >= 0.3 is 0 Å². The minimum absolute atomic E-state index is 0.349. The summed E-state index contributed by atoms with van der Waals surface area (Å²) in [6, 6.07) is 2.45. The largest absolute Gasteiger partial charge is 0.378 e. The molecule has 1 atom stereocenters. The maximum atomic E-state index is 8.98. The summed E-state index contributed by atoms with van der Waals surface area (Å²) in [5, 5.41) is 8.98. The molecule has 2 nitrogen and oxygen atoms in total. The van der Waals surface area contributed by atoms with E-state index in [1.165, 1.54) is 44.9 Å². The molecule has 20 heavy (non-hydrogen) atoms. The van der Waals surface area contributed by atoms with Gasteiger partial charge < -0.3 is 4.74 Å². The lowest BCUT2D eigenvalue weighted by Crippen LogP contribution is -2.29. The first-order valence-corrected chi connectivity index (χ1v) is 8.74. The van der Waals surface area contributed by atoms with Crippen molar-refractivity contribution in [3.63, 3.8) is 0 Å². The third-order valence-electron chi connectivity index (χ3n) is 5.65. The molecule has 2 aliphatic rings. The molecule has 0 heterocycles. The molecule has 0 saturated heterocycles. The second-order valence-corrected chi connectivity index (χ2v) is 7.12. The lowest BCUT2D eigenvalue weighted by atomic mass is 9.71. The van der Waals surface area contributed by atoms with E-state index in [1.54, 1.807) is 0 Å². The number of hydrogen-bond acceptors (Lipinski definition) is 2. The van der Waals surface area contributed by atoms with Crippen LogP contribution in [0.2, 0.25) is 0 Å². The first-order chi connectivity index (χ1) is 9.72. The Morgan fingerprint density at radius 3 is 2.05 bits per heavy atom. The van der Waals surface area contributed by atoms with Gasteiger partial charge in [0, 0.05) is 12.5 Å². The quantitative estimate of drug-likeness (QED) is 0.713. The van der Waals surface area contributed by atoms with Crippen molar-refractivity contribution in [2.45, 2.75) is 77.7 Å². The molecule has 2 fully saturated rings. The van der Waals surface area contributed by atoms with Crippen molar-refractivity contribution in [1.82, 2.24) is 0 Å². The molecular weight excluding hydrogens is 246 g/mol. The molecule has 1 unspecified atom stereocenters. The van der Waals surface area contributed by atoms with Crippen molar-refractivity contribution in [3.8, 4) is 6.07 Å². The summed E-state index contributed by atoms with van der Waals surface area (Å²) in [5.74, 6) is 2.86. The van der Waals surface area contributed by atoms with Crippen molar-refractivity contribution in [3.05, 3.63) is 0 Å². The number of rotatable bonds is 5. The minimum atomic E-state index is 0.349. The SMILES string of the molecule is CCC(C)COC1CCC(C2CCC(C#N)CC2)CC1. The Morgan fingerprint density at radius 2 is 1.55 bits per heavy atom. The molecule has 0 N–H and O–H groups in total. The summed E-state index contributed by atoms with van der Waals surface area (Å²) >= 11 is 0. The van der Waals surface area contributed by atoms with Gasteiger partial charge in [-0.3, -0.25) is 0 Å². The number of ether oxygens (including phenoxy) is 1. The molecule has 2 saturated carbocycles. The van der Waals surface area contributed by atoms with Crippen molar-refractivity contribution >= 4 is 0 Å². The summed E-state index contributed by atoms with van der Waals surface area (Å²) in [6.45, 7) is 5.46. The maximum Gasteiger partial charge on any atom is 0.0655 e. The van der Waals surface area contributed by atoms with Gasteiger partial charge in [-0.15, -0.1) is 0 Å². The Bertz CT molecular complexity index is 306. The standard InChI is InChI=1S/C18H31NO/c1-3-14(2)13-20-18-10-8-17(9-11-18)16-6-4-15(12-19)5-7-16/h14-18H,3-11,13H2,1-2H3. The van der Waals surface area contributed by atoms with Crippen LogP contribution in [0.25, 0.3) is 0 Å². The van der Waals surface area contributed by atoms with Crippen LogP contribution in [-0.2, 0) is 4.74 Å². The molecule has 0 aliphatic heterocycles. The van der Waals surface area contributed by atoms with Crippen molar-refractivity contribution < 1.29 is 4.74 Å². The number of hydrogen-bond donors (Lipinski definition) is 0. The van der Waals surface area contributed by atoms with E-state index >= 15 is 0 Å². The third-order valence-corrected chi connectivity index (χ3v) is 5.65. The smallest absolute Gasteiger partial charge is 0.0655 e. The summed E-state index contributed by atoms with van der Waals surface area (Å²) in [4.78, 5) is 0. The first-order valence-electron chi connectivity index (χ1n) is 8.74. The average Bonchev–Trinajstić information content (AvgIpc) is 2.53. The Morgan fingerprint density at radius 1 is 1.00 bits per heavy atom. The van der Waals surface area contributed by atoms with E-state index in [2.05, 4.69) is 19.9 Å². The summed E-state index contributed by atoms with van der Waals surface area (Å²) < 4.78 is 6.06. The fourth-order valence-corrected chi connectivity index (χ4v) is 3.86. The van der Waals surface area contributed by atoms with Crippen molar-refractivity contribution in [2.24, 2.45) is 23.7 Å². The Kier molecular flexibility index (Phi) is 6.36. The molecule has 0 spiro atoms. The molecule has 2 aliphatic carbocycles. The molecule has 0 amide bonds. The Balaban J connectivity index is 1.66. The molecule has 0 radical (unpaired) electrons. The van der Waals surface area contributed by atoms with Crippen LogP contribution in [0, 0.1) is 35.0 Å². The summed E-state index contributed by atoms with van der Waals surface area (Å²) in [5.41, 5.74) is 0. The van der Waals surface area contributed by atoms with Crippen LogP contribution in [-0.4, -0.2) is 12.7 Å². The molecule has 0 aromatic heterocycles. The highest BCUT2D eigenvalue weighted by atomic mass is 16.5. The monoisotopic (exact) mass is 277 g/mol. The van der Waals surface area contributed by atoms with Crippen LogP contribution in [0.1, 0.15) is 71.6 Å². The van der Waals surface area contributed by atoms with Gasteiger partial charge in [0.2, 0.25) is 0 Å². The van der Waals surface area contributed by atoms with E-state index in [4.69, 9.17) is 10.00 Å². The zero-order valence-electron chi connectivity index (χ0n) is 13.3. The molecular formula is C18H31NO. The van der Waals surface area contributed by atoms with E-state index in [-0.39, 0.29) is 0 Å². The number of nitrogens with zero attached hydrogens (tertiary/aromatic N) is 1. The van der Waals surface area contributed by atoms with Gasteiger partial charge in [0.15, 0.2) is 0 Å². The lowest BCUT2D eigenvalue weighted by molar-refractivity contribution is -0.00695. The Hall–Kier alpha value is -0.550. The molecule has 0 aromatic carbocycles. The van der Waals surface area contributed by atoms with Gasteiger partial charge in [0.05, 0.1) is 12.2 Å². The van der Waals surface area contributed by atoms with Gasteiger partial charge in [-0.1, -0.05) is 20.3 Å². The highest BCUT2D eigenvalue weighted by Gasteiger charge is 2.31. The van der Waals surface area contributed by atoms with Gasteiger partial charge in [0.1, 0.15) is 0 Å². The van der Waals surface area contributed by atoms with Crippen LogP contribution in [0.5, 0.6) is 0 Å².